The molecular weight excluding hydrogens is 260 g/mol. The molecule has 0 bridgehead atoms. The summed E-state index contributed by atoms with van der Waals surface area (Å²) in [7, 11) is -3.11. The second kappa shape index (κ2) is 5.84. The van der Waals surface area contributed by atoms with Crippen molar-refractivity contribution >= 4 is 15.7 Å². The Labute approximate surface area is 113 Å². The second-order valence-corrected chi connectivity index (χ2v) is 6.60. The number of nitrogen functional groups attached to an aromatic ring is 1. The largest absolute Gasteiger partial charge is 0.384 e. The van der Waals surface area contributed by atoms with E-state index in [9.17, 15) is 8.42 Å². The number of rotatable bonds is 5. The molecule has 5 heteroatoms. The van der Waals surface area contributed by atoms with Crippen LogP contribution in [0.15, 0.2) is 48.7 Å². The highest BCUT2D eigenvalue weighted by Gasteiger charge is 2.12. The zero-order chi connectivity index (χ0) is 13.7. The summed E-state index contributed by atoms with van der Waals surface area (Å²) in [6.45, 7) is 0. The third-order valence-electron chi connectivity index (χ3n) is 2.78. The third-order valence-corrected chi connectivity index (χ3v) is 4.38. The van der Waals surface area contributed by atoms with Crippen molar-refractivity contribution in [1.29, 1.82) is 0 Å². The number of nitrogens with two attached hydrogens (primary N) is 1. The predicted molar refractivity (Wildman–Crippen MR) is 76.3 cm³/mol. The SMILES string of the molecule is Nc1cc(CCS(=O)(=O)Cc2ccccc2)ccn1. The number of pyridine rings is 1. The molecule has 0 fully saturated rings. The van der Waals surface area contributed by atoms with Gasteiger partial charge in [-0.05, 0) is 29.7 Å². The lowest BCUT2D eigenvalue weighted by atomic mass is 10.2. The van der Waals surface area contributed by atoms with E-state index < -0.39 is 9.84 Å². The van der Waals surface area contributed by atoms with Crippen molar-refractivity contribution in [1.82, 2.24) is 4.98 Å². The molecule has 2 aromatic rings. The first-order valence-electron chi connectivity index (χ1n) is 6.00. The van der Waals surface area contributed by atoms with E-state index >= 15 is 0 Å². The van der Waals surface area contributed by atoms with Crippen LogP contribution >= 0.6 is 0 Å². The van der Waals surface area contributed by atoms with Gasteiger partial charge in [0.05, 0.1) is 11.5 Å². The topological polar surface area (TPSA) is 73.1 Å². The van der Waals surface area contributed by atoms with Crippen molar-refractivity contribution in [3.05, 3.63) is 59.8 Å². The van der Waals surface area contributed by atoms with E-state index in [2.05, 4.69) is 4.98 Å². The molecule has 4 nitrogen and oxygen atoms in total. The van der Waals surface area contributed by atoms with E-state index in [-0.39, 0.29) is 11.5 Å². The number of hydrogen-bond donors (Lipinski definition) is 1. The first kappa shape index (κ1) is 13.5. The lowest BCUT2D eigenvalue weighted by molar-refractivity contribution is 0.594. The first-order chi connectivity index (χ1) is 9.05. The van der Waals surface area contributed by atoms with Gasteiger partial charge in [-0.3, -0.25) is 0 Å². The van der Waals surface area contributed by atoms with Gasteiger partial charge in [0.2, 0.25) is 0 Å². The molecule has 1 aromatic carbocycles. The lowest BCUT2D eigenvalue weighted by Crippen LogP contribution is -2.11. The van der Waals surface area contributed by atoms with Crippen LogP contribution in [0.1, 0.15) is 11.1 Å². The lowest BCUT2D eigenvalue weighted by Gasteiger charge is -2.05. The predicted octanol–water partition coefficient (Wildman–Crippen LogP) is 1.82. The van der Waals surface area contributed by atoms with E-state index in [1.807, 2.05) is 30.3 Å². The summed E-state index contributed by atoms with van der Waals surface area (Å²) in [6, 6.07) is 12.7. The van der Waals surface area contributed by atoms with Crippen molar-refractivity contribution in [3.63, 3.8) is 0 Å². The third kappa shape index (κ3) is 4.37. The molecule has 0 atom stereocenters. The average molecular weight is 276 g/mol. The monoisotopic (exact) mass is 276 g/mol. The van der Waals surface area contributed by atoms with Crippen LogP contribution in [0.2, 0.25) is 0 Å². The van der Waals surface area contributed by atoms with Gasteiger partial charge in [0.15, 0.2) is 9.84 Å². The molecule has 19 heavy (non-hydrogen) atoms. The van der Waals surface area contributed by atoms with E-state index in [1.165, 1.54) is 0 Å². The Morgan fingerprint density at radius 1 is 1.05 bits per heavy atom. The molecule has 2 rings (SSSR count). The minimum absolute atomic E-state index is 0.0778. The fourth-order valence-corrected chi connectivity index (χ4v) is 3.21. The molecule has 0 radical (unpaired) electrons. The van der Waals surface area contributed by atoms with Crippen LogP contribution < -0.4 is 5.73 Å². The zero-order valence-corrected chi connectivity index (χ0v) is 11.3. The van der Waals surface area contributed by atoms with Gasteiger partial charge in [-0.15, -0.1) is 0 Å². The van der Waals surface area contributed by atoms with Gasteiger partial charge in [-0.2, -0.15) is 0 Å². The number of aromatic nitrogens is 1. The first-order valence-corrected chi connectivity index (χ1v) is 7.82. The second-order valence-electron chi connectivity index (χ2n) is 4.42. The molecular formula is C14H16N2O2S. The molecule has 1 heterocycles. The van der Waals surface area contributed by atoms with E-state index in [0.29, 0.717) is 12.2 Å². The van der Waals surface area contributed by atoms with Gasteiger partial charge < -0.3 is 5.73 Å². The molecule has 0 aliphatic rings. The Balaban J connectivity index is 1.98. The maximum atomic E-state index is 12.0. The Morgan fingerprint density at radius 2 is 1.79 bits per heavy atom. The normalized spacial score (nSPS) is 11.4. The molecule has 0 unspecified atom stereocenters. The smallest absolute Gasteiger partial charge is 0.154 e. The van der Waals surface area contributed by atoms with Gasteiger partial charge >= 0.3 is 0 Å². The van der Waals surface area contributed by atoms with Gasteiger partial charge in [0.25, 0.3) is 0 Å². The maximum Gasteiger partial charge on any atom is 0.154 e. The zero-order valence-electron chi connectivity index (χ0n) is 10.5. The van der Waals surface area contributed by atoms with Crippen LogP contribution in [0, 0.1) is 0 Å². The Kier molecular flexibility index (Phi) is 4.16. The van der Waals surface area contributed by atoms with Crippen molar-refractivity contribution < 1.29 is 8.42 Å². The molecule has 2 N–H and O–H groups in total. The summed E-state index contributed by atoms with van der Waals surface area (Å²) < 4.78 is 24.0. The van der Waals surface area contributed by atoms with Crippen LogP contribution in [0.3, 0.4) is 0 Å². The number of benzene rings is 1. The molecule has 100 valence electrons. The van der Waals surface area contributed by atoms with Gasteiger partial charge in [-0.25, -0.2) is 13.4 Å². The van der Waals surface area contributed by atoms with Gasteiger partial charge in [0, 0.05) is 6.20 Å². The molecule has 0 amide bonds. The van der Waals surface area contributed by atoms with Crippen LogP contribution in [0.5, 0.6) is 0 Å². The summed E-state index contributed by atoms with van der Waals surface area (Å²) in [5.74, 6) is 0.609. The average Bonchev–Trinajstić information content (AvgIpc) is 2.37. The minimum atomic E-state index is -3.11. The van der Waals surface area contributed by atoms with Crippen molar-refractivity contribution in [2.75, 3.05) is 11.5 Å². The summed E-state index contributed by atoms with van der Waals surface area (Å²) in [6.07, 6.45) is 2.05. The highest BCUT2D eigenvalue weighted by Crippen LogP contribution is 2.10. The fourth-order valence-electron chi connectivity index (χ4n) is 1.82. The van der Waals surface area contributed by atoms with Crippen LogP contribution in [-0.2, 0) is 22.0 Å². The number of hydrogen-bond acceptors (Lipinski definition) is 4. The van der Waals surface area contributed by atoms with Gasteiger partial charge in [-0.1, -0.05) is 30.3 Å². The standard InChI is InChI=1S/C14H16N2O2S/c15-14-10-12(6-8-16-14)7-9-19(17,18)11-13-4-2-1-3-5-13/h1-6,8,10H,7,9,11H2,(H2,15,16). The number of anilines is 1. The Morgan fingerprint density at radius 3 is 2.47 bits per heavy atom. The number of aryl methyl sites for hydroxylation is 1. The Bertz CT molecular complexity index is 640. The molecule has 0 saturated heterocycles. The van der Waals surface area contributed by atoms with Crippen molar-refractivity contribution in [2.45, 2.75) is 12.2 Å². The van der Waals surface area contributed by atoms with E-state index in [4.69, 9.17) is 5.73 Å². The minimum Gasteiger partial charge on any atom is -0.384 e. The number of nitrogens with zero attached hydrogens (tertiary/aromatic N) is 1. The van der Waals surface area contributed by atoms with E-state index in [1.54, 1.807) is 18.3 Å². The van der Waals surface area contributed by atoms with Crippen LogP contribution in [-0.4, -0.2) is 19.2 Å². The summed E-state index contributed by atoms with van der Waals surface area (Å²) in [5, 5.41) is 0. The number of sulfone groups is 1. The highest BCUT2D eigenvalue weighted by molar-refractivity contribution is 7.90. The fraction of sp³-hybridized carbons (Fsp3) is 0.214. The summed E-state index contributed by atoms with van der Waals surface area (Å²) in [4.78, 5) is 3.88. The molecule has 1 aromatic heterocycles. The summed E-state index contributed by atoms with van der Waals surface area (Å²) in [5.41, 5.74) is 7.27. The maximum absolute atomic E-state index is 12.0. The highest BCUT2D eigenvalue weighted by atomic mass is 32.2. The van der Waals surface area contributed by atoms with Crippen LogP contribution in [0.4, 0.5) is 5.82 Å². The quantitative estimate of drug-likeness (QED) is 0.904. The van der Waals surface area contributed by atoms with Crippen LogP contribution in [0.25, 0.3) is 0 Å². The molecule has 0 aliphatic heterocycles. The van der Waals surface area contributed by atoms with Crippen molar-refractivity contribution in [2.24, 2.45) is 0 Å². The van der Waals surface area contributed by atoms with Crippen molar-refractivity contribution in [3.8, 4) is 0 Å². The molecule has 0 spiro atoms. The van der Waals surface area contributed by atoms with Gasteiger partial charge in [0.1, 0.15) is 5.82 Å². The molecule has 0 saturated carbocycles. The van der Waals surface area contributed by atoms with E-state index in [0.717, 1.165) is 11.1 Å². The summed E-state index contributed by atoms with van der Waals surface area (Å²) >= 11 is 0. The molecule has 0 aliphatic carbocycles. The Hall–Kier alpha value is -1.88.